The van der Waals surface area contributed by atoms with E-state index < -0.39 is 0 Å². The fourth-order valence-corrected chi connectivity index (χ4v) is 3.98. The summed E-state index contributed by atoms with van der Waals surface area (Å²) in [4.78, 5) is 26.8. The molecule has 4 rings (SSSR count). The summed E-state index contributed by atoms with van der Waals surface area (Å²) in [6.07, 6.45) is 7.90. The summed E-state index contributed by atoms with van der Waals surface area (Å²) >= 11 is 0. The SMILES string of the molecule is O=C1CCCC[C@H]1[C@H]1CCCN1C(=O)c1cc(C2CC2)on1. The van der Waals surface area contributed by atoms with Crippen molar-refractivity contribution in [2.24, 2.45) is 5.92 Å². The Balaban J connectivity index is 1.51. The van der Waals surface area contributed by atoms with Gasteiger partial charge < -0.3 is 9.42 Å². The predicted molar refractivity (Wildman–Crippen MR) is 79.5 cm³/mol. The minimum atomic E-state index is -0.0588. The number of amides is 1. The van der Waals surface area contributed by atoms with Gasteiger partial charge in [-0.3, -0.25) is 9.59 Å². The quantitative estimate of drug-likeness (QED) is 0.861. The first-order valence-corrected chi connectivity index (χ1v) is 8.54. The van der Waals surface area contributed by atoms with E-state index in [1.54, 1.807) is 6.07 Å². The van der Waals surface area contributed by atoms with Crippen LogP contribution in [-0.4, -0.2) is 34.3 Å². The predicted octanol–water partition coefficient (Wildman–Crippen LogP) is 2.92. The van der Waals surface area contributed by atoms with Crippen molar-refractivity contribution < 1.29 is 14.1 Å². The van der Waals surface area contributed by atoms with Crippen molar-refractivity contribution in [3.8, 4) is 0 Å². The summed E-state index contributed by atoms with van der Waals surface area (Å²) in [7, 11) is 0. The number of rotatable bonds is 3. The zero-order valence-electron chi connectivity index (χ0n) is 12.8. The Morgan fingerprint density at radius 2 is 2.05 bits per heavy atom. The maximum absolute atomic E-state index is 12.8. The van der Waals surface area contributed by atoms with E-state index in [0.717, 1.165) is 57.3 Å². The summed E-state index contributed by atoms with van der Waals surface area (Å²) in [5, 5.41) is 3.97. The lowest BCUT2D eigenvalue weighted by atomic mass is 9.82. The highest BCUT2D eigenvalue weighted by atomic mass is 16.5. The largest absolute Gasteiger partial charge is 0.360 e. The van der Waals surface area contributed by atoms with Gasteiger partial charge in [0.2, 0.25) is 0 Å². The third-order valence-corrected chi connectivity index (χ3v) is 5.35. The first kappa shape index (κ1) is 14.0. The van der Waals surface area contributed by atoms with Crippen molar-refractivity contribution in [2.75, 3.05) is 6.54 Å². The van der Waals surface area contributed by atoms with Gasteiger partial charge >= 0.3 is 0 Å². The van der Waals surface area contributed by atoms with Crippen molar-refractivity contribution in [2.45, 2.75) is 63.3 Å². The van der Waals surface area contributed by atoms with Crippen LogP contribution in [0.2, 0.25) is 0 Å². The Bertz CT molecular complexity index is 590. The van der Waals surface area contributed by atoms with Crippen LogP contribution in [0.5, 0.6) is 0 Å². The van der Waals surface area contributed by atoms with Crippen LogP contribution in [0.4, 0.5) is 0 Å². The Morgan fingerprint density at radius 1 is 1.18 bits per heavy atom. The number of hydrogen-bond acceptors (Lipinski definition) is 4. The zero-order valence-corrected chi connectivity index (χ0v) is 12.8. The van der Waals surface area contributed by atoms with Crippen LogP contribution in [0.15, 0.2) is 10.6 Å². The van der Waals surface area contributed by atoms with Crippen molar-refractivity contribution in [1.82, 2.24) is 10.1 Å². The average molecular weight is 302 g/mol. The Labute approximate surface area is 130 Å². The third-order valence-electron chi connectivity index (χ3n) is 5.35. The lowest BCUT2D eigenvalue weighted by Crippen LogP contribution is -2.43. The van der Waals surface area contributed by atoms with Crippen LogP contribution >= 0.6 is 0 Å². The molecule has 1 aliphatic heterocycles. The number of likely N-dealkylation sites (tertiary alicyclic amines) is 1. The van der Waals surface area contributed by atoms with E-state index in [4.69, 9.17) is 4.52 Å². The number of Topliss-reactive ketones (excluding diaryl/α,β-unsaturated/α-hetero) is 1. The zero-order chi connectivity index (χ0) is 15.1. The minimum absolute atomic E-state index is 0.0370. The van der Waals surface area contributed by atoms with Crippen molar-refractivity contribution >= 4 is 11.7 Å². The molecule has 2 heterocycles. The van der Waals surface area contributed by atoms with Gasteiger partial charge in [-0.1, -0.05) is 11.6 Å². The molecule has 5 nitrogen and oxygen atoms in total. The van der Waals surface area contributed by atoms with Gasteiger partial charge in [0.15, 0.2) is 5.69 Å². The molecule has 0 aromatic carbocycles. The molecule has 2 aliphatic carbocycles. The highest BCUT2D eigenvalue weighted by molar-refractivity contribution is 5.93. The summed E-state index contributed by atoms with van der Waals surface area (Å²) < 4.78 is 5.31. The molecule has 22 heavy (non-hydrogen) atoms. The summed E-state index contributed by atoms with van der Waals surface area (Å²) in [5.41, 5.74) is 0.414. The molecule has 118 valence electrons. The maximum atomic E-state index is 12.8. The molecule has 5 heteroatoms. The summed E-state index contributed by atoms with van der Waals surface area (Å²) in [6.45, 7) is 0.735. The smallest absolute Gasteiger partial charge is 0.276 e. The van der Waals surface area contributed by atoms with Crippen LogP contribution in [0.25, 0.3) is 0 Å². The second kappa shape index (κ2) is 5.52. The molecule has 1 aromatic rings. The molecule has 2 atom stereocenters. The average Bonchev–Trinajstić information content (AvgIpc) is 3.08. The van der Waals surface area contributed by atoms with Gasteiger partial charge in [-0.25, -0.2) is 0 Å². The molecule has 3 aliphatic rings. The first-order chi connectivity index (χ1) is 10.7. The number of nitrogens with zero attached hydrogens (tertiary/aromatic N) is 2. The van der Waals surface area contributed by atoms with Gasteiger partial charge in [-0.2, -0.15) is 0 Å². The van der Waals surface area contributed by atoms with Crippen LogP contribution in [-0.2, 0) is 4.79 Å². The highest BCUT2D eigenvalue weighted by Gasteiger charge is 2.40. The molecular formula is C17H22N2O3. The monoisotopic (exact) mass is 302 g/mol. The van der Waals surface area contributed by atoms with E-state index in [0.29, 0.717) is 23.8 Å². The minimum Gasteiger partial charge on any atom is -0.360 e. The van der Waals surface area contributed by atoms with Gasteiger partial charge in [-0.05, 0) is 38.5 Å². The normalized spacial score (nSPS) is 29.1. The van der Waals surface area contributed by atoms with Crippen molar-refractivity contribution in [3.63, 3.8) is 0 Å². The van der Waals surface area contributed by atoms with E-state index in [2.05, 4.69) is 5.16 Å². The van der Waals surface area contributed by atoms with Crippen molar-refractivity contribution in [1.29, 1.82) is 0 Å². The van der Waals surface area contributed by atoms with E-state index in [1.165, 1.54) is 0 Å². The molecule has 0 unspecified atom stereocenters. The molecule has 1 aromatic heterocycles. The Kier molecular flexibility index (Phi) is 3.51. The molecule has 2 saturated carbocycles. The topological polar surface area (TPSA) is 63.4 Å². The standard InChI is InChI=1S/C17H22N2O3/c20-15-6-2-1-4-12(15)14-5-3-9-19(14)17(21)13-10-16(22-18-13)11-7-8-11/h10-12,14H,1-9H2/t12-,14+/m0/s1. The van der Waals surface area contributed by atoms with Gasteiger partial charge in [-0.15, -0.1) is 0 Å². The molecule has 0 N–H and O–H groups in total. The number of ketones is 1. The van der Waals surface area contributed by atoms with E-state index in [1.807, 2.05) is 4.90 Å². The van der Waals surface area contributed by atoms with Crippen molar-refractivity contribution in [3.05, 3.63) is 17.5 Å². The van der Waals surface area contributed by atoms with Gasteiger partial charge in [0.25, 0.3) is 5.91 Å². The Hall–Kier alpha value is -1.65. The van der Waals surface area contributed by atoms with E-state index in [-0.39, 0.29) is 17.9 Å². The molecule has 0 radical (unpaired) electrons. The first-order valence-electron chi connectivity index (χ1n) is 8.54. The van der Waals surface area contributed by atoms with Crippen LogP contribution in [0.3, 0.4) is 0 Å². The summed E-state index contributed by atoms with van der Waals surface area (Å²) in [6, 6.07) is 1.87. The summed E-state index contributed by atoms with van der Waals surface area (Å²) in [5.74, 6) is 1.62. The molecular weight excluding hydrogens is 280 g/mol. The van der Waals surface area contributed by atoms with Crippen LogP contribution < -0.4 is 0 Å². The van der Waals surface area contributed by atoms with Gasteiger partial charge in [0, 0.05) is 36.9 Å². The third kappa shape index (κ3) is 2.46. The number of carbonyl (C=O) groups excluding carboxylic acids is 2. The molecule has 3 fully saturated rings. The second-order valence-corrected chi connectivity index (χ2v) is 6.92. The lowest BCUT2D eigenvalue weighted by Gasteiger charge is -2.32. The molecule has 1 saturated heterocycles. The molecule has 0 spiro atoms. The fraction of sp³-hybridized carbons (Fsp3) is 0.706. The number of aromatic nitrogens is 1. The van der Waals surface area contributed by atoms with Crippen LogP contribution in [0.1, 0.15) is 73.5 Å². The number of hydrogen-bond donors (Lipinski definition) is 0. The fourth-order valence-electron chi connectivity index (χ4n) is 3.98. The van der Waals surface area contributed by atoms with Gasteiger partial charge in [0.05, 0.1) is 0 Å². The molecule has 1 amide bonds. The molecule has 0 bridgehead atoms. The van der Waals surface area contributed by atoms with E-state index in [9.17, 15) is 9.59 Å². The van der Waals surface area contributed by atoms with E-state index >= 15 is 0 Å². The Morgan fingerprint density at radius 3 is 2.82 bits per heavy atom. The number of carbonyl (C=O) groups is 2. The highest BCUT2D eigenvalue weighted by Crippen LogP contribution is 2.40. The lowest BCUT2D eigenvalue weighted by molar-refractivity contribution is -0.126. The van der Waals surface area contributed by atoms with Crippen LogP contribution in [0, 0.1) is 5.92 Å². The maximum Gasteiger partial charge on any atom is 0.276 e. The second-order valence-electron chi connectivity index (χ2n) is 6.92. The van der Waals surface area contributed by atoms with Gasteiger partial charge in [0.1, 0.15) is 11.5 Å².